The summed E-state index contributed by atoms with van der Waals surface area (Å²) in [4.78, 5) is 0. The van der Waals surface area contributed by atoms with Gasteiger partial charge in [0.05, 0.1) is 24.3 Å². The first-order valence-electron chi connectivity index (χ1n) is 15.8. The normalized spacial score (nSPS) is 13.3. The third-order valence-electron chi connectivity index (χ3n) is 8.91. The summed E-state index contributed by atoms with van der Waals surface area (Å²) in [5, 5.41) is 9.53. The average Bonchev–Trinajstić information content (AvgIpc) is 3.63. The van der Waals surface area contributed by atoms with Gasteiger partial charge in [0.2, 0.25) is 0 Å². The lowest BCUT2D eigenvalue weighted by molar-refractivity contribution is -0.0881. The van der Waals surface area contributed by atoms with Crippen LogP contribution in [0.15, 0.2) is 121 Å². The van der Waals surface area contributed by atoms with Crippen LogP contribution in [-0.4, -0.2) is 36.3 Å². The standard InChI is InChI=1S/C37H35F2N3O7P2/c1-45-35-22-21-31(23-36(35)51(44,46-2)47-3)30-19-17-28(18-20-30)25-37(32-9-5-4-6-10-32,42-34-12-8-7-11-33(34)40-41-42)24-27-13-15-29(16-14-27)26-50(43,48-38)49-39/h4-23H,24-26H2,1-3H3. The Balaban J connectivity index is 1.43. The molecular formula is C37H35F2N3O7P2. The van der Waals surface area contributed by atoms with Crippen LogP contribution in [0.25, 0.3) is 22.2 Å². The van der Waals surface area contributed by atoms with E-state index in [9.17, 15) is 18.2 Å². The van der Waals surface area contributed by atoms with Crippen LogP contribution in [0.2, 0.25) is 0 Å². The predicted molar refractivity (Wildman–Crippen MR) is 190 cm³/mol. The van der Waals surface area contributed by atoms with Crippen molar-refractivity contribution in [1.29, 1.82) is 0 Å². The number of hydrogen-bond donors (Lipinski definition) is 0. The van der Waals surface area contributed by atoms with Gasteiger partial charge in [0, 0.05) is 27.1 Å². The molecule has 0 spiro atoms. The number of methoxy groups -OCH3 is 1. The average molecular weight is 734 g/mol. The summed E-state index contributed by atoms with van der Waals surface area (Å²) in [6.45, 7) is 0. The zero-order chi connectivity index (χ0) is 36.1. The summed E-state index contributed by atoms with van der Waals surface area (Å²) in [6, 6.07) is 38.1. The molecule has 1 heterocycles. The summed E-state index contributed by atoms with van der Waals surface area (Å²) < 4.78 is 75.5. The molecule has 0 aliphatic rings. The van der Waals surface area contributed by atoms with Gasteiger partial charge in [0.1, 0.15) is 16.6 Å². The van der Waals surface area contributed by atoms with Gasteiger partial charge < -0.3 is 13.8 Å². The molecule has 0 fully saturated rings. The van der Waals surface area contributed by atoms with E-state index in [-0.39, 0.29) is 0 Å². The molecule has 0 radical (unpaired) electrons. The first kappa shape index (κ1) is 36.3. The van der Waals surface area contributed by atoms with Crippen LogP contribution in [0.4, 0.5) is 9.05 Å². The highest BCUT2D eigenvalue weighted by atomic mass is 31.2. The minimum atomic E-state index is -4.55. The third kappa shape index (κ3) is 7.44. The summed E-state index contributed by atoms with van der Waals surface area (Å²) in [7, 11) is -4.00. The second kappa shape index (κ2) is 15.4. The van der Waals surface area contributed by atoms with Gasteiger partial charge in [0.15, 0.2) is 0 Å². The fourth-order valence-corrected chi connectivity index (χ4v) is 8.42. The molecule has 0 N–H and O–H groups in total. The molecule has 0 saturated heterocycles. The van der Waals surface area contributed by atoms with Gasteiger partial charge in [0.25, 0.3) is 0 Å². The van der Waals surface area contributed by atoms with E-state index < -0.39 is 26.9 Å². The van der Waals surface area contributed by atoms with Gasteiger partial charge in [-0.25, -0.2) is 4.68 Å². The van der Waals surface area contributed by atoms with Crippen LogP contribution in [0.1, 0.15) is 22.3 Å². The number of nitrogens with zero attached hydrogens (tertiary/aromatic N) is 3. The lowest BCUT2D eigenvalue weighted by Crippen LogP contribution is -2.40. The minimum absolute atomic E-state index is 0.320. The Labute approximate surface area is 293 Å². The van der Waals surface area contributed by atoms with Crippen molar-refractivity contribution in [1.82, 2.24) is 15.0 Å². The van der Waals surface area contributed by atoms with E-state index in [2.05, 4.69) is 26.7 Å². The van der Waals surface area contributed by atoms with Crippen molar-refractivity contribution in [3.05, 3.63) is 144 Å². The van der Waals surface area contributed by atoms with Gasteiger partial charge in [-0.2, -0.15) is 0 Å². The minimum Gasteiger partial charge on any atom is -0.496 e. The van der Waals surface area contributed by atoms with Crippen molar-refractivity contribution in [3.8, 4) is 16.9 Å². The van der Waals surface area contributed by atoms with Gasteiger partial charge in [-0.3, -0.25) is 9.13 Å². The van der Waals surface area contributed by atoms with Crippen LogP contribution in [-0.2, 0) is 52.2 Å². The fourth-order valence-electron chi connectivity index (χ4n) is 6.36. The Morgan fingerprint density at radius 2 is 1.25 bits per heavy atom. The van der Waals surface area contributed by atoms with E-state index in [4.69, 9.17) is 19.0 Å². The molecule has 6 aromatic rings. The Hall–Kier alpha value is -4.54. The van der Waals surface area contributed by atoms with Gasteiger partial charge in [-0.1, -0.05) is 102 Å². The van der Waals surface area contributed by atoms with Crippen LogP contribution in [0, 0.1) is 0 Å². The maximum absolute atomic E-state index is 13.3. The summed E-state index contributed by atoms with van der Waals surface area (Å²) in [5.41, 5.74) is 5.65. The van der Waals surface area contributed by atoms with E-state index >= 15 is 0 Å². The lowest BCUT2D eigenvalue weighted by Gasteiger charge is -2.36. The highest BCUT2D eigenvalue weighted by molar-refractivity contribution is 7.62. The van der Waals surface area contributed by atoms with Gasteiger partial charge >= 0.3 is 15.2 Å². The molecule has 1 aromatic heterocycles. The molecule has 10 nitrogen and oxygen atoms in total. The van der Waals surface area contributed by atoms with Crippen LogP contribution >= 0.6 is 15.2 Å². The second-order valence-electron chi connectivity index (χ2n) is 11.9. The molecule has 6 rings (SSSR count). The monoisotopic (exact) mass is 733 g/mol. The van der Waals surface area contributed by atoms with Gasteiger partial charge in [-0.15, -0.1) is 14.6 Å². The maximum atomic E-state index is 13.3. The molecule has 0 aliphatic carbocycles. The molecule has 1 atom stereocenters. The fraction of sp³-hybridized carbons (Fsp3) is 0.189. The number of benzene rings is 5. The number of fused-ring (bicyclic) bond motifs is 1. The van der Waals surface area contributed by atoms with Crippen molar-refractivity contribution >= 4 is 31.5 Å². The number of ether oxygens (including phenoxy) is 1. The summed E-state index contributed by atoms with van der Waals surface area (Å²) in [6.07, 6.45) is 0.353. The van der Waals surface area contributed by atoms with E-state index in [1.54, 1.807) is 24.3 Å². The van der Waals surface area contributed by atoms with Crippen molar-refractivity contribution in [3.63, 3.8) is 0 Å². The quantitative estimate of drug-likeness (QED) is 0.0956. The molecule has 0 aliphatic heterocycles. The molecule has 0 amide bonds. The molecule has 264 valence electrons. The maximum Gasteiger partial charge on any atom is 0.399 e. The molecule has 0 bridgehead atoms. The van der Waals surface area contributed by atoms with Crippen molar-refractivity contribution in [2.45, 2.75) is 24.5 Å². The summed E-state index contributed by atoms with van der Waals surface area (Å²) in [5.74, 6) is 0.392. The molecule has 0 saturated carbocycles. The van der Waals surface area contributed by atoms with Crippen LogP contribution < -0.4 is 10.0 Å². The van der Waals surface area contributed by atoms with Crippen LogP contribution in [0.5, 0.6) is 5.75 Å². The van der Waals surface area contributed by atoms with E-state index in [1.165, 1.54) is 21.3 Å². The Morgan fingerprint density at radius 3 is 1.86 bits per heavy atom. The highest BCUT2D eigenvalue weighted by Gasteiger charge is 2.38. The zero-order valence-electron chi connectivity index (χ0n) is 28.0. The van der Waals surface area contributed by atoms with Crippen molar-refractivity contribution < 1.29 is 41.4 Å². The van der Waals surface area contributed by atoms with E-state index in [0.717, 1.165) is 38.9 Å². The number of halogens is 2. The van der Waals surface area contributed by atoms with E-state index in [0.29, 0.717) is 29.5 Å². The summed E-state index contributed by atoms with van der Waals surface area (Å²) >= 11 is 0. The van der Waals surface area contributed by atoms with Crippen LogP contribution in [0.3, 0.4) is 0 Å². The number of para-hydroxylation sites is 1. The first-order valence-corrected chi connectivity index (χ1v) is 19.1. The lowest BCUT2D eigenvalue weighted by atomic mass is 9.78. The molecule has 51 heavy (non-hydrogen) atoms. The van der Waals surface area contributed by atoms with Crippen molar-refractivity contribution in [2.24, 2.45) is 0 Å². The topological polar surface area (TPSA) is 111 Å². The van der Waals surface area contributed by atoms with E-state index in [1.807, 2.05) is 89.6 Å². The Bertz CT molecular complexity index is 2190. The van der Waals surface area contributed by atoms with Crippen molar-refractivity contribution in [2.75, 3.05) is 21.3 Å². The largest absolute Gasteiger partial charge is 0.496 e. The Kier molecular flexibility index (Phi) is 10.9. The number of hydrogen-bond acceptors (Lipinski definition) is 9. The zero-order valence-corrected chi connectivity index (χ0v) is 29.8. The number of rotatable bonds is 15. The Morgan fingerprint density at radius 1 is 0.686 bits per heavy atom. The molecule has 5 aromatic carbocycles. The second-order valence-corrected chi connectivity index (χ2v) is 15.9. The molecule has 1 unspecified atom stereocenters. The highest BCUT2D eigenvalue weighted by Crippen LogP contribution is 2.52. The third-order valence-corrected chi connectivity index (χ3v) is 12.0. The SMILES string of the molecule is COc1ccc(-c2ccc(CC(Cc3ccc(CP(=O)(OF)OF)cc3)(c3ccccc3)n3nnc4ccccc43)cc2)cc1P(=O)(OC)OC. The molecular weight excluding hydrogens is 698 g/mol. The number of aromatic nitrogens is 3. The van der Waals surface area contributed by atoms with Gasteiger partial charge in [-0.05, 0) is 66.7 Å². The predicted octanol–water partition coefficient (Wildman–Crippen LogP) is 8.94. The molecule has 14 heteroatoms. The first-order chi connectivity index (χ1) is 24.7. The smallest absolute Gasteiger partial charge is 0.399 e.